The normalized spacial score (nSPS) is 8.15. The van der Waals surface area contributed by atoms with Crippen LogP contribution in [-0.2, 0) is 14.3 Å². The van der Waals surface area contributed by atoms with E-state index in [-0.39, 0.29) is 18.2 Å². The monoisotopic (exact) mass is 186 g/mol. The maximum Gasteiger partial charge on any atom is 0.306 e. The van der Waals surface area contributed by atoms with E-state index in [4.69, 9.17) is 0 Å². The summed E-state index contributed by atoms with van der Waals surface area (Å²) in [6.07, 6.45) is 1.04. The van der Waals surface area contributed by atoms with Gasteiger partial charge in [-0.2, -0.15) is 0 Å². The first kappa shape index (κ1) is 14.4. The van der Waals surface area contributed by atoms with E-state index < -0.39 is 0 Å². The predicted molar refractivity (Wildman–Crippen MR) is 52.4 cm³/mol. The van der Waals surface area contributed by atoms with Gasteiger partial charge in [-0.1, -0.05) is 6.92 Å². The van der Waals surface area contributed by atoms with Crippen molar-refractivity contribution in [3.05, 3.63) is 13.2 Å². The van der Waals surface area contributed by atoms with Crippen LogP contribution in [0.5, 0.6) is 0 Å². The molecule has 0 aromatic rings. The third-order valence-corrected chi connectivity index (χ3v) is 1.31. The van der Waals surface area contributed by atoms with Crippen LogP contribution < -0.4 is 0 Å². The van der Waals surface area contributed by atoms with Crippen LogP contribution in [0.15, 0.2) is 13.2 Å². The zero-order valence-corrected chi connectivity index (χ0v) is 8.47. The highest BCUT2D eigenvalue weighted by Crippen LogP contribution is 1.96. The molecule has 0 unspecified atom stereocenters. The molecule has 0 spiro atoms. The van der Waals surface area contributed by atoms with E-state index in [0.717, 1.165) is 0 Å². The maximum absolute atomic E-state index is 10.7. The van der Waals surface area contributed by atoms with Crippen molar-refractivity contribution in [3.8, 4) is 0 Å². The van der Waals surface area contributed by atoms with Crippen molar-refractivity contribution >= 4 is 11.8 Å². The molecule has 0 atom stereocenters. The molecule has 0 radical (unpaired) electrons. The Balaban J connectivity index is 0. The minimum Gasteiger partial charge on any atom is -0.466 e. The molecule has 0 fully saturated rings. The number of esters is 1. The van der Waals surface area contributed by atoms with Crippen molar-refractivity contribution in [2.45, 2.75) is 33.1 Å². The van der Waals surface area contributed by atoms with Crippen molar-refractivity contribution < 1.29 is 14.3 Å². The number of hydrogen-bond donors (Lipinski definition) is 0. The molecule has 13 heavy (non-hydrogen) atoms. The van der Waals surface area contributed by atoms with Gasteiger partial charge in [-0.3, -0.25) is 9.59 Å². The molecule has 0 bridgehead atoms. The van der Waals surface area contributed by atoms with Crippen LogP contribution in [0.3, 0.4) is 0 Å². The van der Waals surface area contributed by atoms with Crippen LogP contribution >= 0.6 is 0 Å². The number of Topliss-reactive ketones (excluding diaryl/α,β-unsaturated/α-hetero) is 1. The van der Waals surface area contributed by atoms with E-state index >= 15 is 0 Å². The van der Waals surface area contributed by atoms with Crippen LogP contribution in [0.1, 0.15) is 33.1 Å². The Bertz CT molecular complexity index is 152. The Kier molecular flexibility index (Phi) is 12.1. The first-order valence-electron chi connectivity index (χ1n) is 4.38. The highest BCUT2D eigenvalue weighted by molar-refractivity contribution is 5.82. The number of hydrogen-bond acceptors (Lipinski definition) is 3. The lowest BCUT2D eigenvalue weighted by molar-refractivity contribution is -0.144. The molecule has 0 aromatic heterocycles. The van der Waals surface area contributed by atoms with Gasteiger partial charge in [0.05, 0.1) is 13.0 Å². The van der Waals surface area contributed by atoms with E-state index in [1.54, 1.807) is 13.8 Å². The molecule has 0 aromatic carbocycles. The number of ether oxygens (including phenoxy) is 1. The summed E-state index contributed by atoms with van der Waals surface area (Å²) in [7, 11) is 0. The van der Waals surface area contributed by atoms with Crippen molar-refractivity contribution in [2.75, 3.05) is 6.61 Å². The molecule has 0 saturated heterocycles. The predicted octanol–water partition coefficient (Wildman–Crippen LogP) is 2.11. The fourth-order valence-corrected chi connectivity index (χ4v) is 0.651. The Morgan fingerprint density at radius 1 is 1.15 bits per heavy atom. The van der Waals surface area contributed by atoms with Crippen LogP contribution in [-0.4, -0.2) is 18.4 Å². The van der Waals surface area contributed by atoms with E-state index in [1.165, 1.54) is 0 Å². The van der Waals surface area contributed by atoms with Gasteiger partial charge in [-0.15, -0.1) is 13.2 Å². The van der Waals surface area contributed by atoms with Gasteiger partial charge in [-0.05, 0) is 6.92 Å². The number of rotatable bonds is 5. The third kappa shape index (κ3) is 10.9. The van der Waals surface area contributed by atoms with Gasteiger partial charge in [0, 0.05) is 12.8 Å². The molecule has 3 nitrogen and oxygen atoms in total. The summed E-state index contributed by atoms with van der Waals surface area (Å²) in [5, 5.41) is 0. The highest BCUT2D eigenvalue weighted by atomic mass is 16.5. The molecule has 0 saturated carbocycles. The van der Waals surface area contributed by atoms with Gasteiger partial charge in [0.15, 0.2) is 0 Å². The maximum atomic E-state index is 10.7. The lowest BCUT2D eigenvalue weighted by Crippen LogP contribution is -2.06. The topological polar surface area (TPSA) is 43.4 Å². The molecule has 0 rings (SSSR count). The second-order valence-electron chi connectivity index (χ2n) is 2.20. The van der Waals surface area contributed by atoms with E-state index in [9.17, 15) is 9.59 Å². The lowest BCUT2D eigenvalue weighted by atomic mass is 10.2. The lowest BCUT2D eigenvalue weighted by Gasteiger charge is -1.99. The minimum absolute atomic E-state index is 0.109. The second-order valence-corrected chi connectivity index (χ2v) is 2.20. The van der Waals surface area contributed by atoms with E-state index in [2.05, 4.69) is 17.9 Å². The van der Waals surface area contributed by atoms with Gasteiger partial charge in [0.1, 0.15) is 5.78 Å². The molecule has 0 amide bonds. The quantitative estimate of drug-likeness (QED) is 0.488. The molecular weight excluding hydrogens is 168 g/mol. The second kappa shape index (κ2) is 10.9. The van der Waals surface area contributed by atoms with Crippen molar-refractivity contribution in [3.63, 3.8) is 0 Å². The summed E-state index contributed by atoms with van der Waals surface area (Å²) in [5.74, 6) is -0.174. The molecular formula is C10H18O3. The first-order chi connectivity index (χ1) is 6.20. The number of carbonyl (C=O) groups excluding carboxylic acids is 2. The summed E-state index contributed by atoms with van der Waals surface area (Å²) < 4.78 is 4.65. The van der Waals surface area contributed by atoms with Crippen LogP contribution in [0.25, 0.3) is 0 Å². The molecule has 0 aliphatic heterocycles. The zero-order valence-electron chi connectivity index (χ0n) is 8.47. The summed E-state index contributed by atoms with van der Waals surface area (Å²) in [5.41, 5.74) is 0. The Morgan fingerprint density at radius 3 is 2.08 bits per heavy atom. The summed E-state index contributed by atoms with van der Waals surface area (Å²) in [4.78, 5) is 21.4. The molecule has 76 valence electrons. The average molecular weight is 186 g/mol. The smallest absolute Gasteiger partial charge is 0.306 e. The SMILES string of the molecule is C=C.CCOC(=O)CCC(=O)CC. The van der Waals surface area contributed by atoms with Crippen LogP contribution in [0.2, 0.25) is 0 Å². The van der Waals surface area contributed by atoms with Gasteiger partial charge >= 0.3 is 5.97 Å². The van der Waals surface area contributed by atoms with Crippen LogP contribution in [0.4, 0.5) is 0 Å². The fraction of sp³-hybridized carbons (Fsp3) is 0.600. The van der Waals surface area contributed by atoms with Gasteiger partial charge < -0.3 is 4.74 Å². The fourth-order valence-electron chi connectivity index (χ4n) is 0.651. The highest BCUT2D eigenvalue weighted by Gasteiger charge is 2.04. The van der Waals surface area contributed by atoms with E-state index in [1.807, 2.05) is 0 Å². The number of ketones is 1. The van der Waals surface area contributed by atoms with Crippen molar-refractivity contribution in [1.82, 2.24) is 0 Å². The molecule has 0 aliphatic rings. The van der Waals surface area contributed by atoms with Gasteiger partial charge in [0.2, 0.25) is 0 Å². The zero-order chi connectivity index (χ0) is 10.7. The molecule has 0 N–H and O–H groups in total. The standard InChI is InChI=1S/C8H14O3.C2H4/c1-3-7(9)5-6-8(10)11-4-2;1-2/h3-6H2,1-2H3;1-2H2. The largest absolute Gasteiger partial charge is 0.466 e. The van der Waals surface area contributed by atoms with Crippen LogP contribution in [0, 0.1) is 0 Å². The Morgan fingerprint density at radius 2 is 1.69 bits per heavy atom. The molecule has 0 aliphatic carbocycles. The van der Waals surface area contributed by atoms with Crippen molar-refractivity contribution in [1.29, 1.82) is 0 Å². The minimum atomic E-state index is -0.283. The molecule has 3 heteroatoms. The molecule has 0 heterocycles. The third-order valence-electron chi connectivity index (χ3n) is 1.31. The van der Waals surface area contributed by atoms with E-state index in [0.29, 0.717) is 19.4 Å². The Hall–Kier alpha value is -1.12. The van der Waals surface area contributed by atoms with Gasteiger partial charge in [-0.25, -0.2) is 0 Å². The summed E-state index contributed by atoms with van der Waals surface area (Å²) in [6.45, 7) is 9.92. The average Bonchev–Trinajstić information content (AvgIpc) is 2.18. The van der Waals surface area contributed by atoms with Crippen molar-refractivity contribution in [2.24, 2.45) is 0 Å². The first-order valence-corrected chi connectivity index (χ1v) is 4.38. The summed E-state index contributed by atoms with van der Waals surface area (Å²) >= 11 is 0. The van der Waals surface area contributed by atoms with Gasteiger partial charge in [0.25, 0.3) is 0 Å². The Labute approximate surface area is 79.8 Å². The summed E-state index contributed by atoms with van der Waals surface area (Å²) in [6, 6.07) is 0. The number of carbonyl (C=O) groups is 2.